The molecular formula is C28H45N4O2+. The molecule has 34 heavy (non-hydrogen) atoms. The Morgan fingerprint density at radius 3 is 2.15 bits per heavy atom. The number of carbonyl (C=O) groups is 2. The van der Waals surface area contributed by atoms with E-state index in [0.717, 1.165) is 25.9 Å². The zero-order chi connectivity index (χ0) is 24.9. The van der Waals surface area contributed by atoms with E-state index < -0.39 is 0 Å². The molecule has 2 N–H and O–H groups in total. The van der Waals surface area contributed by atoms with E-state index in [4.69, 9.17) is 0 Å². The lowest BCUT2D eigenvalue weighted by Gasteiger charge is -2.15. The maximum Gasteiger partial charge on any atom is 0.348 e. The second-order valence-electron chi connectivity index (χ2n) is 9.48. The normalized spacial score (nSPS) is 12.9. The second-order valence-corrected chi connectivity index (χ2v) is 9.48. The molecule has 0 saturated carbocycles. The number of unbranched alkanes of at least 4 members (excludes halogenated alkanes) is 2. The lowest BCUT2D eigenvalue weighted by atomic mass is 9.99. The Balaban J connectivity index is 2.31. The van der Waals surface area contributed by atoms with Crippen molar-refractivity contribution in [2.45, 2.75) is 99.1 Å². The standard InChI is InChI=1S/C28H44N4O2/c1-6-10-13-23(8-3)20-31-17-18-32(21-24(9-4)14-11-7-2)28(31)27(34)30-26-16-12-15-25(19-26)29-22(5)33/h12,15-19,23-24H,6-11,13-14,20-21H2,1-5H3,(H-,29,30,33,34)/p+1. The fourth-order valence-electron chi connectivity index (χ4n) is 4.48. The Bertz CT molecular complexity index is 870. The van der Waals surface area contributed by atoms with Gasteiger partial charge < -0.3 is 10.6 Å². The van der Waals surface area contributed by atoms with E-state index in [2.05, 4.69) is 59.9 Å². The van der Waals surface area contributed by atoms with Crippen LogP contribution in [0.4, 0.5) is 11.4 Å². The lowest BCUT2D eigenvalue weighted by Crippen LogP contribution is -2.44. The maximum absolute atomic E-state index is 13.6. The fraction of sp³-hybridized carbons (Fsp3) is 0.607. The largest absolute Gasteiger partial charge is 0.348 e. The fourth-order valence-corrected chi connectivity index (χ4v) is 4.48. The van der Waals surface area contributed by atoms with Gasteiger partial charge in [0.05, 0.1) is 13.1 Å². The molecule has 0 bridgehead atoms. The minimum Gasteiger partial charge on any atom is -0.326 e. The van der Waals surface area contributed by atoms with E-state index in [1.54, 1.807) is 6.07 Å². The Morgan fingerprint density at radius 1 is 0.941 bits per heavy atom. The minimum atomic E-state index is -0.134. The number of hydrogen-bond acceptors (Lipinski definition) is 2. The molecule has 0 aliphatic rings. The first-order valence-electron chi connectivity index (χ1n) is 13.2. The molecule has 0 spiro atoms. The first kappa shape index (κ1) is 27.6. The summed E-state index contributed by atoms with van der Waals surface area (Å²) in [4.78, 5) is 25.0. The summed E-state index contributed by atoms with van der Waals surface area (Å²) in [6.07, 6.45) is 13.5. The first-order valence-corrected chi connectivity index (χ1v) is 13.2. The van der Waals surface area contributed by atoms with Crippen molar-refractivity contribution in [1.82, 2.24) is 4.57 Å². The van der Waals surface area contributed by atoms with E-state index in [1.807, 2.05) is 18.2 Å². The molecule has 2 unspecified atom stereocenters. The Hall–Kier alpha value is -2.63. The van der Waals surface area contributed by atoms with Crippen LogP contribution in [0.3, 0.4) is 0 Å². The SMILES string of the molecule is CCCCC(CC)Cn1cc[n+](CC(CC)CCCC)c1C(=O)Nc1cccc(NC(C)=O)c1. The van der Waals surface area contributed by atoms with Gasteiger partial charge in [-0.15, -0.1) is 0 Å². The van der Waals surface area contributed by atoms with Crippen LogP contribution in [0.25, 0.3) is 0 Å². The van der Waals surface area contributed by atoms with Gasteiger partial charge in [0, 0.05) is 18.3 Å². The molecule has 1 aromatic carbocycles. The van der Waals surface area contributed by atoms with E-state index in [9.17, 15) is 9.59 Å². The summed E-state index contributed by atoms with van der Waals surface area (Å²) in [7, 11) is 0. The number of nitrogens with zero attached hydrogens (tertiary/aromatic N) is 2. The summed E-state index contributed by atoms with van der Waals surface area (Å²) in [5, 5.41) is 5.86. The van der Waals surface area contributed by atoms with Crippen LogP contribution in [-0.2, 0) is 17.9 Å². The quantitative estimate of drug-likeness (QED) is 0.296. The summed E-state index contributed by atoms with van der Waals surface area (Å²) in [6, 6.07) is 7.30. The van der Waals surface area contributed by atoms with Gasteiger partial charge in [0.2, 0.25) is 5.91 Å². The second kappa shape index (κ2) is 14.6. The van der Waals surface area contributed by atoms with Crippen molar-refractivity contribution in [2.24, 2.45) is 11.8 Å². The van der Waals surface area contributed by atoms with E-state index >= 15 is 0 Å². The third-order valence-electron chi connectivity index (χ3n) is 6.61. The minimum absolute atomic E-state index is 0.110. The molecule has 6 nitrogen and oxygen atoms in total. The Labute approximate surface area is 206 Å². The average molecular weight is 470 g/mol. The van der Waals surface area contributed by atoms with Crippen molar-refractivity contribution in [3.8, 4) is 0 Å². The topological polar surface area (TPSA) is 67.0 Å². The smallest absolute Gasteiger partial charge is 0.326 e. The number of aromatic nitrogens is 2. The van der Waals surface area contributed by atoms with Crippen molar-refractivity contribution in [2.75, 3.05) is 10.6 Å². The predicted octanol–water partition coefficient (Wildman–Crippen LogP) is 6.42. The average Bonchev–Trinajstić information content (AvgIpc) is 3.21. The van der Waals surface area contributed by atoms with Gasteiger partial charge in [0.25, 0.3) is 0 Å². The molecule has 1 heterocycles. The monoisotopic (exact) mass is 469 g/mol. The van der Waals surface area contributed by atoms with Crippen LogP contribution in [0.1, 0.15) is 96.6 Å². The number of benzene rings is 1. The zero-order valence-corrected chi connectivity index (χ0v) is 21.9. The van der Waals surface area contributed by atoms with Crippen LogP contribution in [0.5, 0.6) is 0 Å². The summed E-state index contributed by atoms with van der Waals surface area (Å²) in [5.74, 6) is 1.57. The van der Waals surface area contributed by atoms with Gasteiger partial charge in [-0.05, 0) is 55.7 Å². The van der Waals surface area contributed by atoms with Crippen LogP contribution in [0, 0.1) is 11.8 Å². The van der Waals surface area contributed by atoms with E-state index in [0.29, 0.717) is 29.0 Å². The molecule has 0 aliphatic heterocycles. The van der Waals surface area contributed by atoms with Crippen molar-refractivity contribution in [1.29, 1.82) is 0 Å². The van der Waals surface area contributed by atoms with Crippen LogP contribution in [0.2, 0.25) is 0 Å². The molecule has 2 atom stereocenters. The molecule has 2 rings (SSSR count). The van der Waals surface area contributed by atoms with Crippen LogP contribution in [0.15, 0.2) is 36.7 Å². The summed E-state index contributed by atoms with van der Waals surface area (Å²) < 4.78 is 4.28. The molecule has 188 valence electrons. The summed E-state index contributed by atoms with van der Waals surface area (Å²) in [6.45, 7) is 12.1. The molecule has 0 aliphatic carbocycles. The number of amides is 2. The molecule has 0 saturated heterocycles. The number of nitrogens with one attached hydrogen (secondary N) is 2. The van der Waals surface area contributed by atoms with Crippen LogP contribution < -0.4 is 15.2 Å². The molecule has 6 heteroatoms. The van der Waals surface area contributed by atoms with Crippen molar-refractivity contribution in [3.05, 3.63) is 42.5 Å². The number of carbonyl (C=O) groups excluding carboxylic acids is 2. The highest BCUT2D eigenvalue weighted by Crippen LogP contribution is 2.19. The molecular weight excluding hydrogens is 424 g/mol. The number of rotatable bonds is 15. The maximum atomic E-state index is 13.6. The number of hydrogen-bond donors (Lipinski definition) is 2. The van der Waals surface area contributed by atoms with Crippen LogP contribution >= 0.6 is 0 Å². The Morgan fingerprint density at radius 2 is 1.56 bits per heavy atom. The summed E-state index contributed by atoms with van der Waals surface area (Å²) >= 11 is 0. The predicted molar refractivity (Wildman–Crippen MR) is 140 cm³/mol. The van der Waals surface area contributed by atoms with Gasteiger partial charge in [-0.3, -0.25) is 9.59 Å². The lowest BCUT2D eigenvalue weighted by molar-refractivity contribution is -0.704. The van der Waals surface area contributed by atoms with Crippen LogP contribution in [-0.4, -0.2) is 16.4 Å². The van der Waals surface area contributed by atoms with Gasteiger partial charge in [-0.1, -0.05) is 59.4 Å². The highest BCUT2D eigenvalue weighted by molar-refractivity contribution is 6.01. The van der Waals surface area contributed by atoms with Gasteiger partial charge in [-0.25, -0.2) is 9.13 Å². The van der Waals surface area contributed by atoms with Crippen molar-refractivity contribution in [3.63, 3.8) is 0 Å². The zero-order valence-electron chi connectivity index (χ0n) is 21.9. The van der Waals surface area contributed by atoms with Crippen molar-refractivity contribution >= 4 is 23.2 Å². The first-order chi connectivity index (χ1) is 16.4. The molecule has 0 fully saturated rings. The summed E-state index contributed by atoms with van der Waals surface area (Å²) in [5.41, 5.74) is 1.34. The van der Waals surface area contributed by atoms with E-state index in [1.165, 1.54) is 45.4 Å². The number of anilines is 2. The van der Waals surface area contributed by atoms with Gasteiger partial charge in [-0.2, -0.15) is 0 Å². The molecule has 1 aromatic heterocycles. The van der Waals surface area contributed by atoms with Gasteiger partial charge in [0.15, 0.2) is 0 Å². The van der Waals surface area contributed by atoms with Crippen molar-refractivity contribution < 1.29 is 14.2 Å². The van der Waals surface area contributed by atoms with Gasteiger partial charge in [0.1, 0.15) is 12.4 Å². The molecule has 2 aromatic rings. The third kappa shape index (κ3) is 8.62. The highest BCUT2D eigenvalue weighted by atomic mass is 16.2. The van der Waals surface area contributed by atoms with Gasteiger partial charge >= 0.3 is 11.7 Å². The molecule has 2 amide bonds. The third-order valence-corrected chi connectivity index (χ3v) is 6.61. The molecule has 0 radical (unpaired) electrons. The van der Waals surface area contributed by atoms with E-state index in [-0.39, 0.29) is 11.8 Å². The Kier molecular flexibility index (Phi) is 11.9. The number of imidazole rings is 1. The highest BCUT2D eigenvalue weighted by Gasteiger charge is 2.28.